The maximum atomic E-state index is 13.7. The Bertz CT molecular complexity index is 1640. The van der Waals surface area contributed by atoms with Gasteiger partial charge in [-0.25, -0.2) is 14.4 Å². The van der Waals surface area contributed by atoms with Gasteiger partial charge in [-0.15, -0.1) is 0 Å². The summed E-state index contributed by atoms with van der Waals surface area (Å²) in [5.41, 5.74) is 6.16. The SMILES string of the molecule is CC(C)CN(CC(O)C(=O)OCc1ccccc1)C(=O)N[C@@H](Cc1ccc(-c2ccccc2)cc1)C(=O)Oc1ccc2c(c1)CCC2. The Hall–Kier alpha value is -4.95. The molecule has 2 N–H and O–H groups in total. The zero-order chi connectivity index (χ0) is 33.2. The van der Waals surface area contributed by atoms with Crippen LogP contribution in [0, 0.1) is 5.92 Å². The lowest BCUT2D eigenvalue weighted by molar-refractivity contribution is -0.155. The van der Waals surface area contributed by atoms with E-state index in [-0.39, 0.29) is 32.0 Å². The van der Waals surface area contributed by atoms with E-state index in [1.165, 1.54) is 16.0 Å². The molecule has 1 aliphatic rings. The van der Waals surface area contributed by atoms with Crippen LogP contribution in [0.2, 0.25) is 0 Å². The number of benzene rings is 4. The van der Waals surface area contributed by atoms with E-state index < -0.39 is 30.1 Å². The molecule has 4 aromatic carbocycles. The van der Waals surface area contributed by atoms with E-state index in [4.69, 9.17) is 9.47 Å². The van der Waals surface area contributed by atoms with Gasteiger partial charge in [-0.1, -0.05) is 105 Å². The molecule has 0 heterocycles. The number of ether oxygens (including phenoxy) is 2. The Morgan fingerprint density at radius 1 is 0.766 bits per heavy atom. The van der Waals surface area contributed by atoms with Gasteiger partial charge in [0.2, 0.25) is 0 Å². The number of nitrogens with one attached hydrogen (secondary N) is 1. The summed E-state index contributed by atoms with van der Waals surface area (Å²) in [5.74, 6) is -0.974. The summed E-state index contributed by atoms with van der Waals surface area (Å²) < 4.78 is 11.1. The van der Waals surface area contributed by atoms with E-state index in [1.54, 1.807) is 6.07 Å². The molecule has 0 aliphatic heterocycles. The molecule has 244 valence electrons. The van der Waals surface area contributed by atoms with Crippen LogP contribution in [-0.2, 0) is 40.2 Å². The monoisotopic (exact) mass is 634 g/mol. The molecule has 8 nitrogen and oxygen atoms in total. The van der Waals surface area contributed by atoms with Crippen LogP contribution in [0.15, 0.2) is 103 Å². The minimum atomic E-state index is -1.56. The van der Waals surface area contributed by atoms with Crippen LogP contribution in [0.4, 0.5) is 4.79 Å². The Morgan fingerprint density at radius 3 is 2.13 bits per heavy atom. The number of fused-ring (bicyclic) bond motifs is 1. The van der Waals surface area contributed by atoms with Crippen molar-refractivity contribution in [3.05, 3.63) is 125 Å². The molecule has 0 radical (unpaired) electrons. The van der Waals surface area contributed by atoms with Gasteiger partial charge in [0, 0.05) is 13.0 Å². The molecular formula is C39H42N2O6. The lowest BCUT2D eigenvalue weighted by Gasteiger charge is -2.28. The zero-order valence-electron chi connectivity index (χ0n) is 26.9. The average molecular weight is 635 g/mol. The van der Waals surface area contributed by atoms with Crippen molar-refractivity contribution in [1.82, 2.24) is 10.2 Å². The van der Waals surface area contributed by atoms with E-state index >= 15 is 0 Å². The summed E-state index contributed by atoms with van der Waals surface area (Å²) in [4.78, 5) is 41.3. The molecule has 4 aromatic rings. The molecule has 47 heavy (non-hydrogen) atoms. The normalized spacial score (nSPS) is 13.4. The molecule has 1 unspecified atom stereocenters. The molecule has 0 bridgehead atoms. The number of hydrogen-bond donors (Lipinski definition) is 2. The van der Waals surface area contributed by atoms with Gasteiger partial charge in [-0.05, 0) is 70.7 Å². The quantitative estimate of drug-likeness (QED) is 0.135. The van der Waals surface area contributed by atoms with Gasteiger partial charge < -0.3 is 24.8 Å². The third-order valence-electron chi connectivity index (χ3n) is 8.13. The molecule has 0 spiro atoms. The second-order valence-corrected chi connectivity index (χ2v) is 12.4. The van der Waals surface area contributed by atoms with Crippen LogP contribution < -0.4 is 10.1 Å². The summed E-state index contributed by atoms with van der Waals surface area (Å²) in [6.07, 6.45) is 1.64. The van der Waals surface area contributed by atoms with Crippen LogP contribution >= 0.6 is 0 Å². The smallest absolute Gasteiger partial charge is 0.337 e. The highest BCUT2D eigenvalue weighted by molar-refractivity contribution is 5.85. The maximum absolute atomic E-state index is 13.7. The number of carbonyl (C=O) groups is 3. The highest BCUT2D eigenvalue weighted by Gasteiger charge is 2.29. The summed E-state index contributed by atoms with van der Waals surface area (Å²) in [5, 5.41) is 13.6. The maximum Gasteiger partial charge on any atom is 0.337 e. The number of aliphatic hydroxyl groups excluding tert-OH is 1. The summed E-state index contributed by atoms with van der Waals surface area (Å²) in [7, 11) is 0. The van der Waals surface area contributed by atoms with Gasteiger partial charge in [0.25, 0.3) is 0 Å². The minimum absolute atomic E-state index is 0.00673. The third kappa shape index (κ3) is 9.53. The van der Waals surface area contributed by atoms with E-state index in [2.05, 4.69) is 5.32 Å². The Morgan fingerprint density at radius 2 is 1.43 bits per heavy atom. The van der Waals surface area contributed by atoms with E-state index in [9.17, 15) is 19.5 Å². The van der Waals surface area contributed by atoms with Gasteiger partial charge in [-0.3, -0.25) is 0 Å². The molecule has 2 atom stereocenters. The van der Waals surface area contributed by atoms with Crippen molar-refractivity contribution < 1.29 is 29.0 Å². The van der Waals surface area contributed by atoms with Gasteiger partial charge in [0.15, 0.2) is 6.10 Å². The molecule has 0 saturated carbocycles. The number of rotatable bonds is 13. The van der Waals surface area contributed by atoms with Crippen LogP contribution in [0.3, 0.4) is 0 Å². The van der Waals surface area contributed by atoms with E-state index in [0.29, 0.717) is 5.75 Å². The van der Waals surface area contributed by atoms with Crippen molar-refractivity contribution in [2.45, 2.75) is 58.3 Å². The third-order valence-corrected chi connectivity index (χ3v) is 8.13. The molecule has 0 saturated heterocycles. The molecular weight excluding hydrogens is 592 g/mol. The van der Waals surface area contributed by atoms with Crippen LogP contribution in [0.1, 0.15) is 42.5 Å². The molecule has 1 aliphatic carbocycles. The highest BCUT2D eigenvalue weighted by atomic mass is 16.5. The summed E-state index contributed by atoms with van der Waals surface area (Å²) in [6.45, 7) is 3.80. The van der Waals surface area contributed by atoms with Crippen molar-refractivity contribution in [2.24, 2.45) is 5.92 Å². The number of esters is 2. The summed E-state index contributed by atoms with van der Waals surface area (Å²) >= 11 is 0. The van der Waals surface area contributed by atoms with Gasteiger partial charge in [0.05, 0.1) is 6.54 Å². The van der Waals surface area contributed by atoms with Gasteiger partial charge in [0.1, 0.15) is 18.4 Å². The fourth-order valence-electron chi connectivity index (χ4n) is 5.72. The zero-order valence-corrected chi connectivity index (χ0v) is 26.9. The second kappa shape index (κ2) is 16.1. The number of nitrogens with zero attached hydrogens (tertiary/aromatic N) is 1. The van der Waals surface area contributed by atoms with Crippen LogP contribution in [0.25, 0.3) is 11.1 Å². The number of aryl methyl sites for hydroxylation is 2. The first kappa shape index (κ1) is 33.4. The first-order chi connectivity index (χ1) is 22.7. The first-order valence-corrected chi connectivity index (χ1v) is 16.2. The largest absolute Gasteiger partial charge is 0.459 e. The van der Waals surface area contributed by atoms with Gasteiger partial charge >= 0.3 is 18.0 Å². The fraction of sp³-hybridized carbons (Fsp3) is 0.308. The molecule has 5 rings (SSSR count). The van der Waals surface area contributed by atoms with Crippen LogP contribution in [-0.4, -0.2) is 53.2 Å². The van der Waals surface area contributed by atoms with Gasteiger partial charge in [-0.2, -0.15) is 0 Å². The van der Waals surface area contributed by atoms with Crippen molar-refractivity contribution >= 4 is 18.0 Å². The lowest BCUT2D eigenvalue weighted by Crippen LogP contribution is -2.53. The Kier molecular flexibility index (Phi) is 11.4. The minimum Gasteiger partial charge on any atom is -0.459 e. The van der Waals surface area contributed by atoms with E-state index in [0.717, 1.165) is 41.5 Å². The highest BCUT2D eigenvalue weighted by Crippen LogP contribution is 2.26. The fourth-order valence-corrected chi connectivity index (χ4v) is 5.72. The average Bonchev–Trinajstić information content (AvgIpc) is 3.55. The summed E-state index contributed by atoms with van der Waals surface area (Å²) in [6, 6.07) is 31.0. The number of hydrogen-bond acceptors (Lipinski definition) is 6. The first-order valence-electron chi connectivity index (χ1n) is 16.2. The Balaban J connectivity index is 1.30. The topological polar surface area (TPSA) is 105 Å². The standard InChI is InChI=1S/C39H42N2O6/c1-27(2)24-41(25-36(42)38(44)46-26-29-10-5-3-6-11-29)39(45)40-35(37(43)47-34-21-20-31-14-9-15-33(31)23-34)22-28-16-18-32(19-17-28)30-12-7-4-8-13-30/h3-8,10-13,16-21,23,27,35-36,42H,9,14-15,22,24-26H2,1-2H3,(H,40,45)/t35-,36?/m0/s1. The second-order valence-electron chi connectivity index (χ2n) is 12.4. The predicted molar refractivity (Wildman–Crippen MR) is 181 cm³/mol. The van der Waals surface area contributed by atoms with Crippen molar-refractivity contribution in [3.8, 4) is 16.9 Å². The molecule has 8 heteroatoms. The van der Waals surface area contributed by atoms with Crippen molar-refractivity contribution in [3.63, 3.8) is 0 Å². The number of carbonyl (C=O) groups excluding carboxylic acids is 3. The van der Waals surface area contributed by atoms with Crippen molar-refractivity contribution in [2.75, 3.05) is 13.1 Å². The lowest BCUT2D eigenvalue weighted by atomic mass is 10.0. The predicted octanol–water partition coefficient (Wildman–Crippen LogP) is 6.13. The number of aliphatic hydroxyl groups is 1. The molecule has 0 aromatic heterocycles. The molecule has 2 amide bonds. The molecule has 0 fully saturated rings. The Labute approximate surface area is 276 Å². The van der Waals surface area contributed by atoms with Crippen molar-refractivity contribution in [1.29, 1.82) is 0 Å². The number of amides is 2. The van der Waals surface area contributed by atoms with Crippen LogP contribution in [0.5, 0.6) is 5.75 Å². The number of urea groups is 1. The van der Waals surface area contributed by atoms with E-state index in [1.807, 2.05) is 111 Å².